The maximum atomic E-state index is 12.2. The number of amides is 1. The number of hydrogen-bond donors (Lipinski definition) is 3. The fourth-order valence-electron chi connectivity index (χ4n) is 3.00. The van der Waals surface area contributed by atoms with E-state index in [0.29, 0.717) is 13.2 Å². The van der Waals surface area contributed by atoms with Gasteiger partial charge in [-0.25, -0.2) is 4.98 Å². The molecule has 3 rings (SSSR count). The summed E-state index contributed by atoms with van der Waals surface area (Å²) in [5.74, 6) is 0.665. The lowest BCUT2D eigenvalue weighted by molar-refractivity contribution is -0.124. The van der Waals surface area contributed by atoms with Crippen molar-refractivity contribution in [2.24, 2.45) is 4.99 Å². The highest BCUT2D eigenvalue weighted by atomic mass is 127. The van der Waals surface area contributed by atoms with Crippen LogP contribution in [0.15, 0.2) is 34.6 Å². The molecule has 9 heteroatoms. The summed E-state index contributed by atoms with van der Waals surface area (Å²) in [5, 5.41) is 12.7. The van der Waals surface area contributed by atoms with E-state index >= 15 is 0 Å². The van der Waals surface area contributed by atoms with Gasteiger partial charge in [0.15, 0.2) is 5.96 Å². The molecule has 1 saturated heterocycles. The van der Waals surface area contributed by atoms with Crippen molar-refractivity contribution in [3.8, 4) is 0 Å². The van der Waals surface area contributed by atoms with Gasteiger partial charge >= 0.3 is 0 Å². The van der Waals surface area contributed by atoms with E-state index in [9.17, 15) is 4.79 Å². The molecule has 0 spiro atoms. The van der Waals surface area contributed by atoms with Gasteiger partial charge in [0.05, 0.1) is 10.7 Å². The summed E-state index contributed by atoms with van der Waals surface area (Å²) in [5.41, 5.74) is 2.94. The number of anilines is 1. The molecule has 7 nitrogen and oxygen atoms in total. The van der Waals surface area contributed by atoms with E-state index in [2.05, 4.69) is 31.3 Å². The largest absolute Gasteiger partial charge is 0.368 e. The normalized spacial score (nSPS) is 16.2. The number of carbonyl (C=O) groups is 1. The van der Waals surface area contributed by atoms with Gasteiger partial charge in [-0.05, 0) is 37.5 Å². The van der Waals surface area contributed by atoms with Gasteiger partial charge in [0.1, 0.15) is 6.10 Å². The van der Waals surface area contributed by atoms with Gasteiger partial charge in [-0.3, -0.25) is 9.79 Å². The van der Waals surface area contributed by atoms with Crippen LogP contribution in [0.5, 0.6) is 0 Å². The molecule has 1 aromatic carbocycles. The third kappa shape index (κ3) is 7.56. The number of carbonyl (C=O) groups excluding carboxylic acids is 1. The second-order valence-electron chi connectivity index (χ2n) is 6.65. The number of benzene rings is 1. The summed E-state index contributed by atoms with van der Waals surface area (Å²) in [6, 6.07) is 7.80. The number of thiazole rings is 1. The zero-order valence-corrected chi connectivity index (χ0v) is 19.9. The van der Waals surface area contributed by atoms with Crippen molar-refractivity contribution in [1.82, 2.24) is 15.6 Å². The first kappa shape index (κ1) is 23.6. The van der Waals surface area contributed by atoms with Gasteiger partial charge in [-0.2, -0.15) is 0 Å². The Morgan fingerprint density at radius 1 is 1.38 bits per heavy atom. The first-order chi connectivity index (χ1) is 13.6. The summed E-state index contributed by atoms with van der Waals surface area (Å²) >= 11 is 1.67. The topological polar surface area (TPSA) is 87.6 Å². The molecule has 0 aliphatic carbocycles. The van der Waals surface area contributed by atoms with E-state index in [-0.39, 0.29) is 36.0 Å². The third-order valence-electron chi connectivity index (χ3n) is 4.44. The van der Waals surface area contributed by atoms with Crippen LogP contribution in [0.4, 0.5) is 5.69 Å². The zero-order chi connectivity index (χ0) is 19.8. The highest BCUT2D eigenvalue weighted by molar-refractivity contribution is 14.0. The molecule has 1 fully saturated rings. The Hall–Kier alpha value is -1.72. The molecule has 3 N–H and O–H groups in total. The Kier molecular flexibility index (Phi) is 9.82. The van der Waals surface area contributed by atoms with Gasteiger partial charge in [0, 0.05) is 44.2 Å². The van der Waals surface area contributed by atoms with Crippen molar-refractivity contribution in [3.05, 3.63) is 45.9 Å². The second kappa shape index (κ2) is 12.1. The van der Waals surface area contributed by atoms with Gasteiger partial charge < -0.3 is 20.7 Å². The number of aliphatic imine (C=N–C) groups is 1. The average Bonchev–Trinajstić information content (AvgIpc) is 3.37. The number of halogens is 1. The van der Waals surface area contributed by atoms with Crippen LogP contribution in [-0.4, -0.2) is 43.2 Å². The lowest BCUT2D eigenvalue weighted by Gasteiger charge is -2.13. The molecule has 29 heavy (non-hydrogen) atoms. The number of nitrogens with one attached hydrogen (secondary N) is 3. The Morgan fingerprint density at radius 3 is 2.93 bits per heavy atom. The van der Waals surface area contributed by atoms with E-state index in [4.69, 9.17) is 4.74 Å². The van der Waals surface area contributed by atoms with Crippen molar-refractivity contribution >= 4 is 52.9 Å². The number of aryl methyl sites for hydroxylation is 1. The molecule has 0 saturated carbocycles. The predicted octanol–water partition coefficient (Wildman–Crippen LogP) is 3.09. The number of hydrogen-bond acceptors (Lipinski definition) is 5. The van der Waals surface area contributed by atoms with Crippen LogP contribution in [0.2, 0.25) is 0 Å². The maximum absolute atomic E-state index is 12.2. The molecule has 1 aliphatic rings. The van der Waals surface area contributed by atoms with E-state index in [0.717, 1.165) is 53.7 Å². The van der Waals surface area contributed by atoms with E-state index in [1.54, 1.807) is 18.4 Å². The molecule has 0 radical (unpaired) electrons. The quantitative estimate of drug-likeness (QED) is 0.292. The van der Waals surface area contributed by atoms with Crippen molar-refractivity contribution < 1.29 is 9.53 Å². The Morgan fingerprint density at radius 2 is 2.24 bits per heavy atom. The van der Waals surface area contributed by atoms with E-state index in [1.165, 1.54) is 0 Å². The van der Waals surface area contributed by atoms with Gasteiger partial charge in [-0.15, -0.1) is 35.3 Å². The number of rotatable bonds is 7. The minimum atomic E-state index is -0.327. The summed E-state index contributed by atoms with van der Waals surface area (Å²) in [6.45, 7) is 4.05. The standard InChI is InChI=1S/C20H27N5O2S.HI/c1-14-24-17(13-28-14)8-9-22-20(21-2)23-12-15-5-3-6-16(11-15)25-19(26)18-7-4-10-27-18;/h3,5-6,11,13,18H,4,7-10,12H2,1-2H3,(H,25,26)(H2,21,22,23);1H. The maximum Gasteiger partial charge on any atom is 0.253 e. The zero-order valence-electron chi connectivity index (χ0n) is 16.7. The molecule has 1 atom stereocenters. The number of nitrogens with zero attached hydrogens (tertiary/aromatic N) is 2. The van der Waals surface area contributed by atoms with Crippen molar-refractivity contribution in [2.75, 3.05) is 25.5 Å². The van der Waals surface area contributed by atoms with Crippen LogP contribution >= 0.6 is 35.3 Å². The summed E-state index contributed by atoms with van der Waals surface area (Å²) in [7, 11) is 1.75. The van der Waals surface area contributed by atoms with Crippen LogP contribution < -0.4 is 16.0 Å². The van der Waals surface area contributed by atoms with Crippen molar-refractivity contribution in [3.63, 3.8) is 0 Å². The Bertz CT molecular complexity index is 821. The second-order valence-corrected chi connectivity index (χ2v) is 7.71. The predicted molar refractivity (Wildman–Crippen MR) is 128 cm³/mol. The molecular formula is C20H28IN5O2S. The minimum Gasteiger partial charge on any atom is -0.368 e. The highest BCUT2D eigenvalue weighted by Crippen LogP contribution is 2.16. The third-order valence-corrected chi connectivity index (χ3v) is 5.26. The number of guanidine groups is 1. The van der Waals surface area contributed by atoms with Crippen LogP contribution in [0.3, 0.4) is 0 Å². The van der Waals surface area contributed by atoms with Crippen LogP contribution in [0, 0.1) is 6.92 Å². The summed E-state index contributed by atoms with van der Waals surface area (Å²) in [4.78, 5) is 20.9. The molecule has 0 bridgehead atoms. The molecule has 2 heterocycles. The summed E-state index contributed by atoms with van der Waals surface area (Å²) in [6.07, 6.45) is 2.26. The molecule has 158 valence electrons. The van der Waals surface area contributed by atoms with Crippen molar-refractivity contribution in [1.29, 1.82) is 0 Å². The van der Waals surface area contributed by atoms with Gasteiger partial charge in [0.25, 0.3) is 5.91 Å². The highest BCUT2D eigenvalue weighted by Gasteiger charge is 2.23. The van der Waals surface area contributed by atoms with E-state index < -0.39 is 0 Å². The lowest BCUT2D eigenvalue weighted by Crippen LogP contribution is -2.37. The summed E-state index contributed by atoms with van der Waals surface area (Å²) < 4.78 is 5.43. The average molecular weight is 529 g/mol. The van der Waals surface area contributed by atoms with Crippen molar-refractivity contribution in [2.45, 2.75) is 38.8 Å². The Balaban J connectivity index is 0.00000300. The first-order valence-corrected chi connectivity index (χ1v) is 10.4. The fourth-order valence-corrected chi connectivity index (χ4v) is 3.65. The van der Waals surface area contributed by atoms with E-state index in [1.807, 2.05) is 31.2 Å². The molecule has 1 amide bonds. The lowest BCUT2D eigenvalue weighted by atomic mass is 10.2. The van der Waals surface area contributed by atoms with Crippen LogP contribution in [0.25, 0.3) is 0 Å². The first-order valence-electron chi connectivity index (χ1n) is 9.51. The van der Waals surface area contributed by atoms with Gasteiger partial charge in [-0.1, -0.05) is 12.1 Å². The van der Waals surface area contributed by atoms with Gasteiger partial charge in [0.2, 0.25) is 0 Å². The molecule has 1 unspecified atom stereocenters. The monoisotopic (exact) mass is 529 g/mol. The smallest absolute Gasteiger partial charge is 0.253 e. The number of aromatic nitrogens is 1. The number of ether oxygens (including phenoxy) is 1. The minimum absolute atomic E-state index is 0. The molecule has 1 aromatic heterocycles. The Labute approximate surface area is 192 Å². The SMILES string of the molecule is CN=C(NCCc1csc(C)n1)NCc1cccc(NC(=O)C2CCCO2)c1.I. The van der Waals surface area contributed by atoms with Crippen LogP contribution in [-0.2, 0) is 22.5 Å². The fraction of sp³-hybridized carbons (Fsp3) is 0.450. The molecule has 1 aliphatic heterocycles. The molecular weight excluding hydrogens is 501 g/mol. The van der Waals surface area contributed by atoms with Crippen LogP contribution in [0.1, 0.15) is 29.1 Å². The molecule has 2 aromatic rings.